The SMILES string of the molecule is COc1cc(Cc2cncnc2N)c(N)c(OC)c1OC. The van der Waals surface area contributed by atoms with Crippen LogP contribution in [-0.2, 0) is 6.42 Å². The van der Waals surface area contributed by atoms with Crippen LogP contribution in [0.5, 0.6) is 17.2 Å². The number of nitrogens with zero attached hydrogens (tertiary/aromatic N) is 2. The normalized spacial score (nSPS) is 10.2. The highest BCUT2D eigenvalue weighted by Gasteiger charge is 2.19. The molecule has 1 aromatic heterocycles. The molecule has 0 saturated carbocycles. The van der Waals surface area contributed by atoms with Gasteiger partial charge in [-0.2, -0.15) is 0 Å². The molecule has 0 aliphatic heterocycles. The summed E-state index contributed by atoms with van der Waals surface area (Å²) in [6.07, 6.45) is 3.53. The van der Waals surface area contributed by atoms with Gasteiger partial charge in [0, 0.05) is 18.2 Å². The maximum absolute atomic E-state index is 6.15. The van der Waals surface area contributed by atoms with Crippen LogP contribution in [0, 0.1) is 0 Å². The van der Waals surface area contributed by atoms with Crippen molar-refractivity contribution in [1.82, 2.24) is 9.97 Å². The van der Waals surface area contributed by atoms with Gasteiger partial charge in [0.1, 0.15) is 12.1 Å². The highest BCUT2D eigenvalue weighted by atomic mass is 16.5. The van der Waals surface area contributed by atoms with E-state index in [1.54, 1.807) is 19.4 Å². The van der Waals surface area contributed by atoms with Gasteiger partial charge in [-0.3, -0.25) is 0 Å². The maximum atomic E-state index is 6.15. The summed E-state index contributed by atoms with van der Waals surface area (Å²) in [6.45, 7) is 0. The molecule has 0 saturated heterocycles. The van der Waals surface area contributed by atoms with E-state index >= 15 is 0 Å². The Morgan fingerprint density at radius 2 is 1.71 bits per heavy atom. The Kier molecular flexibility index (Phi) is 4.32. The van der Waals surface area contributed by atoms with Crippen LogP contribution >= 0.6 is 0 Å². The van der Waals surface area contributed by atoms with E-state index in [0.717, 1.165) is 11.1 Å². The average molecular weight is 290 g/mol. The average Bonchev–Trinajstić information content (AvgIpc) is 2.50. The number of anilines is 2. The van der Waals surface area contributed by atoms with Crippen molar-refractivity contribution in [2.24, 2.45) is 0 Å². The molecule has 2 rings (SSSR count). The van der Waals surface area contributed by atoms with Crippen LogP contribution in [0.1, 0.15) is 11.1 Å². The minimum Gasteiger partial charge on any atom is -0.493 e. The molecule has 0 fully saturated rings. The first-order chi connectivity index (χ1) is 10.1. The first kappa shape index (κ1) is 14.7. The predicted molar refractivity (Wildman–Crippen MR) is 79.8 cm³/mol. The Labute approximate surface area is 122 Å². The van der Waals surface area contributed by atoms with E-state index in [4.69, 9.17) is 25.7 Å². The molecule has 7 heteroatoms. The highest BCUT2D eigenvalue weighted by Crippen LogP contribution is 2.44. The lowest BCUT2D eigenvalue weighted by Crippen LogP contribution is -2.05. The van der Waals surface area contributed by atoms with Crippen LogP contribution in [0.3, 0.4) is 0 Å². The van der Waals surface area contributed by atoms with E-state index in [0.29, 0.717) is 35.2 Å². The summed E-state index contributed by atoms with van der Waals surface area (Å²) in [5.74, 6) is 1.84. The fourth-order valence-corrected chi connectivity index (χ4v) is 2.08. The number of rotatable bonds is 5. The largest absolute Gasteiger partial charge is 0.493 e. The van der Waals surface area contributed by atoms with Gasteiger partial charge in [-0.15, -0.1) is 0 Å². The molecule has 7 nitrogen and oxygen atoms in total. The van der Waals surface area contributed by atoms with Gasteiger partial charge in [0.25, 0.3) is 0 Å². The van der Waals surface area contributed by atoms with Crippen LogP contribution in [0.2, 0.25) is 0 Å². The summed E-state index contributed by atoms with van der Waals surface area (Å²) in [4.78, 5) is 7.93. The maximum Gasteiger partial charge on any atom is 0.205 e. The third-order valence-electron chi connectivity index (χ3n) is 3.16. The van der Waals surface area contributed by atoms with Gasteiger partial charge >= 0.3 is 0 Å². The van der Waals surface area contributed by atoms with Gasteiger partial charge in [0.2, 0.25) is 5.75 Å². The quantitative estimate of drug-likeness (QED) is 0.798. The van der Waals surface area contributed by atoms with Crippen molar-refractivity contribution in [3.8, 4) is 17.2 Å². The van der Waals surface area contributed by atoms with Gasteiger partial charge in [0.05, 0.1) is 27.0 Å². The van der Waals surface area contributed by atoms with Crippen LogP contribution < -0.4 is 25.7 Å². The number of benzene rings is 1. The molecule has 21 heavy (non-hydrogen) atoms. The number of methoxy groups -OCH3 is 3. The zero-order valence-corrected chi connectivity index (χ0v) is 12.2. The van der Waals surface area contributed by atoms with Crippen molar-refractivity contribution in [3.05, 3.63) is 29.7 Å². The Morgan fingerprint density at radius 1 is 1.00 bits per heavy atom. The second kappa shape index (κ2) is 6.17. The molecule has 0 unspecified atom stereocenters. The van der Waals surface area contributed by atoms with Crippen molar-refractivity contribution in [1.29, 1.82) is 0 Å². The summed E-state index contributed by atoms with van der Waals surface area (Å²) in [5, 5.41) is 0. The monoisotopic (exact) mass is 290 g/mol. The summed E-state index contributed by atoms with van der Waals surface area (Å²) >= 11 is 0. The van der Waals surface area contributed by atoms with Crippen LogP contribution in [0.4, 0.5) is 11.5 Å². The van der Waals surface area contributed by atoms with Crippen LogP contribution in [0.15, 0.2) is 18.6 Å². The molecule has 1 heterocycles. The summed E-state index contributed by atoms with van der Waals surface area (Å²) < 4.78 is 15.9. The zero-order chi connectivity index (χ0) is 15.4. The van der Waals surface area contributed by atoms with Gasteiger partial charge in [-0.1, -0.05) is 0 Å². The lowest BCUT2D eigenvalue weighted by Gasteiger charge is -2.17. The number of hydrogen-bond acceptors (Lipinski definition) is 7. The first-order valence-electron chi connectivity index (χ1n) is 6.24. The summed E-state index contributed by atoms with van der Waals surface area (Å²) in [5.41, 5.74) is 14.0. The Hall–Kier alpha value is -2.70. The summed E-state index contributed by atoms with van der Waals surface area (Å²) in [6, 6.07) is 1.79. The molecule has 0 radical (unpaired) electrons. The van der Waals surface area contributed by atoms with Crippen molar-refractivity contribution in [3.63, 3.8) is 0 Å². The minimum absolute atomic E-state index is 0.415. The molecule has 0 aliphatic rings. The molecule has 0 amide bonds. The minimum atomic E-state index is 0.415. The number of ether oxygens (including phenoxy) is 3. The molecule has 0 spiro atoms. The topological polar surface area (TPSA) is 106 Å². The lowest BCUT2D eigenvalue weighted by atomic mass is 10.0. The van der Waals surface area contributed by atoms with Gasteiger partial charge in [0.15, 0.2) is 11.5 Å². The molecular formula is C14H18N4O3. The number of nitrogens with two attached hydrogens (primary N) is 2. The van der Waals surface area contributed by atoms with E-state index in [1.807, 2.05) is 0 Å². The Bertz CT molecular complexity index is 646. The van der Waals surface area contributed by atoms with Crippen molar-refractivity contribution < 1.29 is 14.2 Å². The fraction of sp³-hybridized carbons (Fsp3) is 0.286. The molecule has 0 bridgehead atoms. The lowest BCUT2D eigenvalue weighted by molar-refractivity contribution is 0.325. The molecular weight excluding hydrogens is 272 g/mol. The summed E-state index contributed by atoms with van der Waals surface area (Å²) in [7, 11) is 4.61. The number of aromatic nitrogens is 2. The smallest absolute Gasteiger partial charge is 0.205 e. The van der Waals surface area contributed by atoms with E-state index in [-0.39, 0.29) is 0 Å². The fourth-order valence-electron chi connectivity index (χ4n) is 2.08. The second-order valence-corrected chi connectivity index (χ2v) is 4.33. The molecule has 0 aliphatic carbocycles. The Morgan fingerprint density at radius 3 is 2.29 bits per heavy atom. The highest BCUT2D eigenvalue weighted by molar-refractivity contribution is 5.71. The van der Waals surface area contributed by atoms with E-state index in [2.05, 4.69) is 9.97 Å². The van der Waals surface area contributed by atoms with Gasteiger partial charge in [-0.05, 0) is 11.6 Å². The standard InChI is InChI=1S/C14H18N4O3/c1-19-10-5-8(4-9-6-17-7-18-14(9)16)11(15)13(21-3)12(10)20-2/h5-7H,4,15H2,1-3H3,(H2,16,17,18). The third-order valence-corrected chi connectivity index (χ3v) is 3.16. The van der Waals surface area contributed by atoms with E-state index in [9.17, 15) is 0 Å². The molecule has 2 aromatic rings. The zero-order valence-electron chi connectivity index (χ0n) is 12.2. The molecule has 112 valence electrons. The van der Waals surface area contributed by atoms with Crippen molar-refractivity contribution >= 4 is 11.5 Å². The number of nitrogen functional groups attached to an aromatic ring is 2. The van der Waals surface area contributed by atoms with Crippen LogP contribution in [0.25, 0.3) is 0 Å². The Balaban J connectivity index is 2.52. The number of hydrogen-bond donors (Lipinski definition) is 2. The molecule has 0 atom stereocenters. The van der Waals surface area contributed by atoms with Gasteiger partial charge < -0.3 is 25.7 Å². The predicted octanol–water partition coefficient (Wildman–Crippen LogP) is 1.26. The second-order valence-electron chi connectivity index (χ2n) is 4.33. The van der Waals surface area contributed by atoms with Gasteiger partial charge in [-0.25, -0.2) is 9.97 Å². The molecule has 4 N–H and O–H groups in total. The third kappa shape index (κ3) is 2.76. The van der Waals surface area contributed by atoms with Crippen molar-refractivity contribution in [2.45, 2.75) is 6.42 Å². The first-order valence-corrected chi connectivity index (χ1v) is 6.24. The van der Waals surface area contributed by atoms with E-state index < -0.39 is 0 Å². The van der Waals surface area contributed by atoms with E-state index in [1.165, 1.54) is 20.5 Å². The molecule has 1 aromatic carbocycles. The van der Waals surface area contributed by atoms with Crippen molar-refractivity contribution in [2.75, 3.05) is 32.8 Å². The van der Waals surface area contributed by atoms with Crippen LogP contribution in [-0.4, -0.2) is 31.3 Å².